The fourth-order valence-corrected chi connectivity index (χ4v) is 10.3. The lowest BCUT2D eigenvalue weighted by molar-refractivity contribution is -0.214. The summed E-state index contributed by atoms with van der Waals surface area (Å²) in [4.78, 5) is 47.5. The van der Waals surface area contributed by atoms with E-state index in [1.807, 2.05) is 46.8 Å². The third kappa shape index (κ3) is 5.65. The molecule has 286 valence electrons. The number of fused-ring (bicyclic) bond motifs is 2. The first-order valence-corrected chi connectivity index (χ1v) is 19.2. The number of hydrogen-bond acceptors (Lipinski definition) is 9. The zero-order chi connectivity index (χ0) is 38.4. The predicted octanol–water partition coefficient (Wildman–Crippen LogP) is 6.55. The number of ketones is 2. The van der Waals surface area contributed by atoms with Crippen molar-refractivity contribution in [3.8, 4) is 17.2 Å². The van der Waals surface area contributed by atoms with Crippen molar-refractivity contribution in [1.29, 1.82) is 0 Å². The fraction of sp³-hybridized carbons (Fsp3) is 0.605. The number of carbonyl (C=O) groups is 3. The molecule has 1 aromatic carbocycles. The van der Waals surface area contributed by atoms with Gasteiger partial charge >= 0.3 is 5.97 Å². The minimum absolute atomic E-state index is 0.0448. The van der Waals surface area contributed by atoms with Crippen molar-refractivity contribution < 1.29 is 38.8 Å². The lowest BCUT2D eigenvalue weighted by Crippen LogP contribution is -2.82. The molecule has 2 N–H and O–H groups in total. The molecule has 3 aliphatic carbocycles. The summed E-state index contributed by atoms with van der Waals surface area (Å²) < 4.78 is 21.4. The number of aromatic hydroxyl groups is 1. The Morgan fingerprint density at radius 2 is 1.64 bits per heavy atom. The van der Waals surface area contributed by atoms with Crippen molar-refractivity contribution in [1.82, 2.24) is 9.80 Å². The van der Waals surface area contributed by atoms with E-state index < -0.39 is 46.3 Å². The number of carboxylic acids is 1. The smallest absolute Gasteiger partial charge is 0.330 e. The molecule has 7 aliphatic rings. The summed E-state index contributed by atoms with van der Waals surface area (Å²) in [6, 6.07) is -0.467. The zero-order valence-corrected chi connectivity index (χ0v) is 32.8. The summed E-state index contributed by atoms with van der Waals surface area (Å²) in [5.74, 6) is -2.69. The average molecular weight is 729 g/mol. The number of likely N-dealkylation sites (N-methyl/N-ethyl adjacent to an activating group) is 1. The van der Waals surface area contributed by atoms with Crippen LogP contribution in [0.15, 0.2) is 41.0 Å². The SMILES string of the molecule is CC(C)=CCCC1(C)C=Cc2c(O)c3c(c(CC=C(C)C)c2O1)OC12C(C3=O)C(N3CCN(C)CC3)C3CC1C(C)(C)OC2(C/C=C(/C)C(=O)O)C3=O. The van der Waals surface area contributed by atoms with Crippen LogP contribution in [0.2, 0.25) is 0 Å². The van der Waals surface area contributed by atoms with E-state index in [0.29, 0.717) is 49.2 Å². The number of hydrogen-bond donors (Lipinski definition) is 2. The number of allylic oxidation sites excluding steroid dienone is 4. The Balaban J connectivity index is 1.48. The van der Waals surface area contributed by atoms with Gasteiger partial charge in [-0.1, -0.05) is 29.4 Å². The van der Waals surface area contributed by atoms with Crippen molar-refractivity contribution in [2.24, 2.45) is 17.8 Å². The number of benzene rings is 1. The van der Waals surface area contributed by atoms with Crippen LogP contribution < -0.4 is 9.47 Å². The van der Waals surface area contributed by atoms with Gasteiger partial charge in [0.15, 0.2) is 22.8 Å². The summed E-state index contributed by atoms with van der Waals surface area (Å²) in [6.07, 6.45) is 12.0. The number of phenols is 1. The molecule has 0 radical (unpaired) electrons. The van der Waals surface area contributed by atoms with Crippen molar-refractivity contribution in [2.75, 3.05) is 33.2 Å². The maximum Gasteiger partial charge on any atom is 0.330 e. The predicted molar refractivity (Wildman–Crippen MR) is 203 cm³/mol. The van der Waals surface area contributed by atoms with Gasteiger partial charge in [0.25, 0.3) is 0 Å². The van der Waals surface area contributed by atoms with Gasteiger partial charge in [-0.15, -0.1) is 0 Å². The Morgan fingerprint density at radius 3 is 2.28 bits per heavy atom. The van der Waals surface area contributed by atoms with Crippen LogP contribution in [0.5, 0.6) is 17.2 Å². The Labute approximate surface area is 313 Å². The number of carbonyl (C=O) groups excluding carboxylic acids is 2. The summed E-state index contributed by atoms with van der Waals surface area (Å²) in [7, 11) is 2.07. The summed E-state index contributed by atoms with van der Waals surface area (Å²) in [5.41, 5.74) is -1.05. The van der Waals surface area contributed by atoms with Crippen LogP contribution in [-0.4, -0.2) is 99.2 Å². The summed E-state index contributed by atoms with van der Waals surface area (Å²) in [6.45, 7) is 18.6. The van der Waals surface area contributed by atoms with Crippen molar-refractivity contribution in [2.45, 2.75) is 116 Å². The van der Waals surface area contributed by atoms with E-state index in [1.165, 1.54) is 12.5 Å². The van der Waals surface area contributed by atoms with E-state index >= 15 is 9.59 Å². The van der Waals surface area contributed by atoms with Gasteiger partial charge in [0.05, 0.1) is 17.1 Å². The molecule has 1 spiro atoms. The molecule has 7 unspecified atom stereocenters. The van der Waals surface area contributed by atoms with E-state index in [2.05, 4.69) is 42.8 Å². The molecule has 4 bridgehead atoms. The monoisotopic (exact) mass is 728 g/mol. The second-order valence-electron chi connectivity index (χ2n) is 17.6. The van der Waals surface area contributed by atoms with Crippen molar-refractivity contribution in [3.63, 3.8) is 0 Å². The van der Waals surface area contributed by atoms with E-state index in [1.54, 1.807) is 6.08 Å². The van der Waals surface area contributed by atoms with Gasteiger partial charge in [-0.3, -0.25) is 14.5 Å². The van der Waals surface area contributed by atoms with Gasteiger partial charge in [-0.05, 0) is 100 Å². The number of piperazine rings is 1. The molecule has 2 saturated heterocycles. The maximum atomic E-state index is 15.7. The molecule has 7 atom stereocenters. The molecule has 8 rings (SSSR count). The Morgan fingerprint density at radius 1 is 0.962 bits per heavy atom. The molecule has 4 aliphatic heterocycles. The number of aliphatic carboxylic acids is 1. The van der Waals surface area contributed by atoms with Crippen LogP contribution >= 0.6 is 0 Å². The van der Waals surface area contributed by atoms with Gasteiger partial charge in [0.1, 0.15) is 28.4 Å². The molecular weight excluding hydrogens is 672 g/mol. The van der Waals surface area contributed by atoms with Crippen LogP contribution in [0.1, 0.15) is 103 Å². The molecule has 10 nitrogen and oxygen atoms in total. The Hall–Kier alpha value is -3.73. The highest BCUT2D eigenvalue weighted by atomic mass is 16.6. The number of rotatable bonds is 9. The van der Waals surface area contributed by atoms with E-state index in [4.69, 9.17) is 14.2 Å². The third-order valence-electron chi connectivity index (χ3n) is 13.0. The van der Waals surface area contributed by atoms with Gasteiger partial charge < -0.3 is 29.3 Å². The zero-order valence-electron chi connectivity index (χ0n) is 32.8. The minimum Gasteiger partial charge on any atom is -0.506 e. The van der Waals surface area contributed by atoms with Gasteiger partial charge in [0.2, 0.25) is 0 Å². The molecule has 0 amide bonds. The summed E-state index contributed by atoms with van der Waals surface area (Å²) >= 11 is 0. The standard InChI is InChI=1S/C43H56N2O8/c1-24(2)11-10-16-41(8)17-15-27-34(46)31-35(47)32-33(45-21-19-44(9)20-22-45)29-23-30-40(6,7)53-42(38(29)48,18-14-26(5)39(49)50)43(30,32)52-37(31)28(36(27)51-41)13-12-25(3)4/h11-12,14-15,17,29-30,32-33,46H,10,13,16,18-23H2,1-9H3,(H,49,50)/b26-14-. The molecular formula is C43H56N2O8. The first-order chi connectivity index (χ1) is 24.9. The highest BCUT2D eigenvalue weighted by Gasteiger charge is 2.85. The molecule has 1 aromatic rings. The fourth-order valence-electron chi connectivity index (χ4n) is 10.3. The second kappa shape index (κ2) is 12.9. The normalized spacial score (nSPS) is 34.1. The first-order valence-electron chi connectivity index (χ1n) is 19.2. The van der Waals surface area contributed by atoms with Gasteiger partial charge in [0, 0.05) is 61.6 Å². The van der Waals surface area contributed by atoms with Gasteiger partial charge in [-0.2, -0.15) is 0 Å². The lowest BCUT2D eigenvalue weighted by Gasteiger charge is -2.65. The lowest BCUT2D eigenvalue weighted by atomic mass is 9.44. The van der Waals surface area contributed by atoms with Gasteiger partial charge in [-0.25, -0.2) is 4.79 Å². The van der Waals surface area contributed by atoms with E-state index in [-0.39, 0.29) is 46.5 Å². The number of Topliss-reactive ketones (excluding diaryl/α,β-unsaturated/α-hetero) is 2. The summed E-state index contributed by atoms with van der Waals surface area (Å²) in [5, 5.41) is 22.1. The van der Waals surface area contributed by atoms with Crippen molar-refractivity contribution >= 4 is 23.6 Å². The Bertz CT molecular complexity index is 1870. The molecule has 53 heavy (non-hydrogen) atoms. The maximum absolute atomic E-state index is 15.7. The average Bonchev–Trinajstić information content (AvgIpc) is 3.22. The van der Waals surface area contributed by atoms with Crippen LogP contribution in [0, 0.1) is 17.8 Å². The number of ether oxygens (including phenoxy) is 3. The quantitative estimate of drug-likeness (QED) is 0.214. The molecule has 5 fully saturated rings. The van der Waals surface area contributed by atoms with E-state index in [9.17, 15) is 15.0 Å². The largest absolute Gasteiger partial charge is 0.506 e. The van der Waals surface area contributed by atoms with Crippen LogP contribution in [0.4, 0.5) is 0 Å². The van der Waals surface area contributed by atoms with Crippen LogP contribution in [0.3, 0.4) is 0 Å². The highest BCUT2D eigenvalue weighted by molar-refractivity contribution is 6.10. The van der Waals surface area contributed by atoms with E-state index in [0.717, 1.165) is 25.1 Å². The molecule has 0 aromatic heterocycles. The van der Waals surface area contributed by atoms with Crippen LogP contribution in [0.25, 0.3) is 6.08 Å². The van der Waals surface area contributed by atoms with Crippen LogP contribution in [-0.2, 0) is 20.7 Å². The molecule has 4 heterocycles. The highest BCUT2D eigenvalue weighted by Crippen LogP contribution is 2.71. The molecule has 10 heteroatoms. The number of nitrogens with zero attached hydrogens (tertiary/aromatic N) is 2. The Kier molecular flexibility index (Phi) is 9.18. The second-order valence-corrected chi connectivity index (χ2v) is 17.6. The number of phenolic OH excluding ortho intramolecular Hbond substituents is 1. The topological polar surface area (TPSA) is 126 Å². The number of carboxylic acid groups (broad SMARTS) is 1. The minimum atomic E-state index is -1.62. The molecule has 3 saturated carbocycles. The van der Waals surface area contributed by atoms with Crippen molar-refractivity contribution in [3.05, 3.63) is 57.7 Å². The first kappa shape index (κ1) is 37.6. The third-order valence-corrected chi connectivity index (χ3v) is 13.0.